The summed E-state index contributed by atoms with van der Waals surface area (Å²) < 4.78 is 1.83. The summed E-state index contributed by atoms with van der Waals surface area (Å²) in [5.41, 5.74) is 0.518. The van der Waals surface area contributed by atoms with E-state index in [1.807, 2.05) is 10.9 Å². The summed E-state index contributed by atoms with van der Waals surface area (Å²) in [6.07, 6.45) is 7.96. The average Bonchev–Trinajstić information content (AvgIpc) is 3.03. The number of likely N-dealkylation sites (tertiary alicyclic amines) is 1. The van der Waals surface area contributed by atoms with Gasteiger partial charge in [0.05, 0.1) is 12.2 Å². The summed E-state index contributed by atoms with van der Waals surface area (Å²) in [7, 11) is 0. The highest BCUT2D eigenvalue weighted by atomic mass is 16.2. The molecule has 1 saturated carbocycles. The Labute approximate surface area is 118 Å². The number of nitrogens with one attached hydrogen (secondary N) is 1. The van der Waals surface area contributed by atoms with E-state index in [1.54, 1.807) is 0 Å². The van der Waals surface area contributed by atoms with Crippen molar-refractivity contribution in [2.24, 2.45) is 5.92 Å². The zero-order valence-electron chi connectivity index (χ0n) is 11.7. The summed E-state index contributed by atoms with van der Waals surface area (Å²) >= 11 is 0. The fourth-order valence-corrected chi connectivity index (χ4v) is 3.87. The van der Waals surface area contributed by atoms with Gasteiger partial charge < -0.3 is 10.2 Å². The molecule has 3 fully saturated rings. The Balaban J connectivity index is 1.52. The molecular weight excluding hydrogens is 254 g/mol. The third-order valence-corrected chi connectivity index (χ3v) is 5.12. The average molecular weight is 275 g/mol. The minimum Gasteiger partial charge on any atom is -0.334 e. The Hall–Kier alpha value is -1.43. The first kappa shape index (κ1) is 12.3. The molecule has 20 heavy (non-hydrogen) atoms. The molecule has 0 aromatic carbocycles. The van der Waals surface area contributed by atoms with Gasteiger partial charge in [0.15, 0.2) is 5.69 Å². The van der Waals surface area contributed by atoms with E-state index < -0.39 is 0 Å². The molecule has 1 aromatic rings. The molecule has 2 aliphatic heterocycles. The van der Waals surface area contributed by atoms with Crippen molar-refractivity contribution in [3.63, 3.8) is 0 Å². The molecule has 4 rings (SSSR count). The van der Waals surface area contributed by atoms with E-state index in [0.29, 0.717) is 17.8 Å². The van der Waals surface area contributed by atoms with Crippen molar-refractivity contribution in [1.82, 2.24) is 25.2 Å². The maximum Gasteiger partial charge on any atom is 0.276 e. The van der Waals surface area contributed by atoms with Gasteiger partial charge in [0, 0.05) is 25.7 Å². The first-order chi connectivity index (χ1) is 9.83. The molecule has 1 aliphatic carbocycles. The van der Waals surface area contributed by atoms with E-state index in [9.17, 15) is 4.79 Å². The monoisotopic (exact) mass is 275 g/mol. The standard InChI is InChI=1S/C14H21N5O/c20-14(12-9-19(17-16-12)11-7-15-8-11)18-6-2-4-10-3-1-5-13(10)18/h9-11,13,15H,1-8H2. The maximum absolute atomic E-state index is 12.7. The van der Waals surface area contributed by atoms with Crippen LogP contribution in [0.15, 0.2) is 6.20 Å². The highest BCUT2D eigenvalue weighted by molar-refractivity contribution is 5.92. The number of piperidine rings is 1. The minimum atomic E-state index is 0.0835. The van der Waals surface area contributed by atoms with Crippen LogP contribution in [0, 0.1) is 5.92 Å². The first-order valence-corrected chi connectivity index (χ1v) is 7.76. The van der Waals surface area contributed by atoms with Crippen LogP contribution in [0.2, 0.25) is 0 Å². The molecule has 0 spiro atoms. The largest absolute Gasteiger partial charge is 0.334 e. The number of rotatable bonds is 2. The molecule has 6 heteroatoms. The molecule has 1 N–H and O–H groups in total. The van der Waals surface area contributed by atoms with Gasteiger partial charge in [-0.15, -0.1) is 5.10 Å². The van der Waals surface area contributed by atoms with Crippen molar-refractivity contribution in [3.05, 3.63) is 11.9 Å². The number of nitrogens with zero attached hydrogens (tertiary/aromatic N) is 4. The first-order valence-electron chi connectivity index (χ1n) is 7.76. The Morgan fingerprint density at radius 2 is 2.10 bits per heavy atom. The number of carbonyl (C=O) groups is 1. The molecule has 2 atom stereocenters. The fraction of sp³-hybridized carbons (Fsp3) is 0.786. The Morgan fingerprint density at radius 3 is 2.90 bits per heavy atom. The minimum absolute atomic E-state index is 0.0835. The quantitative estimate of drug-likeness (QED) is 0.868. The van der Waals surface area contributed by atoms with Gasteiger partial charge >= 0.3 is 0 Å². The summed E-state index contributed by atoms with van der Waals surface area (Å²) in [5, 5.41) is 11.4. The smallest absolute Gasteiger partial charge is 0.276 e. The van der Waals surface area contributed by atoms with Gasteiger partial charge in [-0.3, -0.25) is 4.79 Å². The molecule has 1 amide bonds. The Morgan fingerprint density at radius 1 is 1.25 bits per heavy atom. The van der Waals surface area contributed by atoms with Crippen molar-refractivity contribution >= 4 is 5.91 Å². The second kappa shape index (κ2) is 4.84. The molecular formula is C14H21N5O. The number of carbonyl (C=O) groups excluding carboxylic acids is 1. The SMILES string of the molecule is O=C(c1cn(C2CNC2)nn1)N1CCCC2CCCC21. The highest BCUT2D eigenvalue weighted by Crippen LogP contribution is 2.37. The molecule has 3 heterocycles. The molecule has 1 aromatic heterocycles. The van der Waals surface area contributed by atoms with Crippen molar-refractivity contribution in [2.75, 3.05) is 19.6 Å². The van der Waals surface area contributed by atoms with Crippen LogP contribution in [0.5, 0.6) is 0 Å². The van der Waals surface area contributed by atoms with E-state index >= 15 is 0 Å². The maximum atomic E-state index is 12.7. The third-order valence-electron chi connectivity index (χ3n) is 5.12. The van der Waals surface area contributed by atoms with E-state index in [-0.39, 0.29) is 5.91 Å². The lowest BCUT2D eigenvalue weighted by Crippen LogP contribution is -2.46. The van der Waals surface area contributed by atoms with Gasteiger partial charge in [0.25, 0.3) is 5.91 Å². The molecule has 6 nitrogen and oxygen atoms in total. The van der Waals surface area contributed by atoms with Crippen molar-refractivity contribution < 1.29 is 4.79 Å². The zero-order chi connectivity index (χ0) is 13.5. The van der Waals surface area contributed by atoms with Crippen LogP contribution in [0.3, 0.4) is 0 Å². The lowest BCUT2D eigenvalue weighted by Gasteiger charge is -2.37. The second-order valence-corrected chi connectivity index (χ2v) is 6.29. The van der Waals surface area contributed by atoms with Gasteiger partial charge in [0.2, 0.25) is 0 Å². The second-order valence-electron chi connectivity index (χ2n) is 6.29. The Kier molecular flexibility index (Phi) is 2.98. The van der Waals surface area contributed by atoms with Crippen LogP contribution in [0.25, 0.3) is 0 Å². The number of hydrogen-bond donors (Lipinski definition) is 1. The zero-order valence-corrected chi connectivity index (χ0v) is 11.7. The van der Waals surface area contributed by atoms with Gasteiger partial charge in [-0.05, 0) is 31.6 Å². The number of hydrogen-bond acceptors (Lipinski definition) is 4. The highest BCUT2D eigenvalue weighted by Gasteiger charge is 2.38. The lowest BCUT2D eigenvalue weighted by atomic mass is 9.92. The van der Waals surface area contributed by atoms with Crippen LogP contribution < -0.4 is 5.32 Å². The Bertz CT molecular complexity index is 509. The molecule has 3 aliphatic rings. The molecule has 0 radical (unpaired) electrons. The van der Waals surface area contributed by atoms with Crippen LogP contribution >= 0.6 is 0 Å². The van der Waals surface area contributed by atoms with Gasteiger partial charge in [-0.2, -0.15) is 0 Å². The number of aromatic nitrogens is 3. The third kappa shape index (κ3) is 1.93. The summed E-state index contributed by atoms with van der Waals surface area (Å²) in [5.74, 6) is 0.804. The molecule has 0 bridgehead atoms. The fourth-order valence-electron chi connectivity index (χ4n) is 3.87. The van der Waals surface area contributed by atoms with E-state index in [0.717, 1.165) is 38.4 Å². The topological polar surface area (TPSA) is 63.1 Å². The molecule has 2 saturated heterocycles. The van der Waals surface area contributed by atoms with Crippen molar-refractivity contribution in [3.8, 4) is 0 Å². The lowest BCUT2D eigenvalue weighted by molar-refractivity contribution is 0.0542. The molecule has 2 unspecified atom stereocenters. The molecule has 108 valence electrons. The predicted octanol–water partition coefficient (Wildman–Crippen LogP) is 0.827. The summed E-state index contributed by atoms with van der Waals surface area (Å²) in [6.45, 7) is 2.73. The number of amides is 1. The van der Waals surface area contributed by atoms with Crippen molar-refractivity contribution in [1.29, 1.82) is 0 Å². The summed E-state index contributed by atoms with van der Waals surface area (Å²) in [4.78, 5) is 14.7. The van der Waals surface area contributed by atoms with Crippen LogP contribution in [0.4, 0.5) is 0 Å². The van der Waals surface area contributed by atoms with E-state index in [1.165, 1.54) is 19.3 Å². The predicted molar refractivity (Wildman–Crippen MR) is 73.3 cm³/mol. The van der Waals surface area contributed by atoms with Gasteiger partial charge in [-0.25, -0.2) is 4.68 Å². The van der Waals surface area contributed by atoms with Crippen LogP contribution in [-0.2, 0) is 0 Å². The van der Waals surface area contributed by atoms with Gasteiger partial charge in [-0.1, -0.05) is 11.6 Å². The van der Waals surface area contributed by atoms with E-state index in [4.69, 9.17) is 0 Å². The van der Waals surface area contributed by atoms with Crippen LogP contribution in [0.1, 0.15) is 48.6 Å². The number of fused-ring (bicyclic) bond motifs is 1. The van der Waals surface area contributed by atoms with Crippen molar-refractivity contribution in [2.45, 2.75) is 44.2 Å². The van der Waals surface area contributed by atoms with E-state index in [2.05, 4.69) is 20.5 Å². The summed E-state index contributed by atoms with van der Waals surface area (Å²) in [6, 6.07) is 0.816. The van der Waals surface area contributed by atoms with Gasteiger partial charge in [0.1, 0.15) is 0 Å². The normalized spacial score (nSPS) is 30.1. The van der Waals surface area contributed by atoms with Crippen LogP contribution in [-0.4, -0.2) is 51.5 Å².